The number of benzene rings is 1. The summed E-state index contributed by atoms with van der Waals surface area (Å²) in [6.07, 6.45) is 4.99. The number of hydrogen-bond donors (Lipinski definition) is 2. The fourth-order valence-electron chi connectivity index (χ4n) is 3.28. The van der Waals surface area contributed by atoms with Crippen molar-refractivity contribution in [1.82, 2.24) is 5.32 Å². The molecule has 0 spiro atoms. The van der Waals surface area contributed by atoms with E-state index in [1.807, 2.05) is 12.1 Å². The molecule has 3 N–H and O–H groups in total. The van der Waals surface area contributed by atoms with Gasteiger partial charge in [0.1, 0.15) is 0 Å². The SMILES string of the molecule is Cl.NC(=O)c1cccc(C2C[C@H]3CC[C@@H](C2)N3)c1. The number of primary amides is 1. The Balaban J connectivity index is 0.00000120. The molecule has 0 aliphatic carbocycles. The number of nitrogens with one attached hydrogen (secondary N) is 1. The molecule has 0 saturated carbocycles. The van der Waals surface area contributed by atoms with Crippen LogP contribution in [-0.2, 0) is 0 Å². The standard InChI is InChI=1S/C14H18N2O.ClH/c15-14(17)10-3-1-2-9(6-10)11-7-12-4-5-13(8-11)16-12;/h1-3,6,11-13,16H,4-5,7-8H2,(H2,15,17);1H/t11?,12-,13+;. The average Bonchev–Trinajstić information content (AvgIpc) is 2.68. The smallest absolute Gasteiger partial charge is 0.248 e. The Morgan fingerprint density at radius 2 is 1.89 bits per heavy atom. The highest BCUT2D eigenvalue weighted by Crippen LogP contribution is 2.37. The van der Waals surface area contributed by atoms with Crippen LogP contribution in [0.15, 0.2) is 24.3 Å². The Morgan fingerprint density at radius 3 is 2.50 bits per heavy atom. The minimum absolute atomic E-state index is 0. The van der Waals surface area contributed by atoms with Gasteiger partial charge in [-0.3, -0.25) is 4.79 Å². The molecular formula is C14H19ClN2O. The first-order valence-electron chi connectivity index (χ1n) is 6.38. The second-order valence-electron chi connectivity index (χ2n) is 5.30. The highest BCUT2D eigenvalue weighted by Gasteiger charge is 2.33. The molecule has 2 aliphatic rings. The van der Waals surface area contributed by atoms with E-state index in [9.17, 15) is 4.79 Å². The molecule has 2 bridgehead atoms. The number of fused-ring (bicyclic) bond motifs is 2. The lowest BCUT2D eigenvalue weighted by Crippen LogP contribution is -2.37. The number of nitrogens with two attached hydrogens (primary N) is 1. The van der Waals surface area contributed by atoms with Gasteiger partial charge in [-0.15, -0.1) is 12.4 Å². The van der Waals surface area contributed by atoms with E-state index >= 15 is 0 Å². The summed E-state index contributed by atoms with van der Waals surface area (Å²) in [6, 6.07) is 9.19. The number of halogens is 1. The lowest BCUT2D eigenvalue weighted by atomic mass is 9.85. The summed E-state index contributed by atoms with van der Waals surface area (Å²) in [4.78, 5) is 11.2. The van der Waals surface area contributed by atoms with E-state index in [1.54, 1.807) is 6.07 Å². The third kappa shape index (κ3) is 2.52. The lowest BCUT2D eigenvalue weighted by molar-refractivity contribution is 0.1000. The highest BCUT2D eigenvalue weighted by atomic mass is 35.5. The van der Waals surface area contributed by atoms with Crippen molar-refractivity contribution < 1.29 is 4.79 Å². The Labute approximate surface area is 114 Å². The van der Waals surface area contributed by atoms with Gasteiger partial charge >= 0.3 is 0 Å². The second-order valence-corrected chi connectivity index (χ2v) is 5.30. The number of hydrogen-bond acceptors (Lipinski definition) is 2. The lowest BCUT2D eigenvalue weighted by Gasteiger charge is -2.29. The Kier molecular flexibility index (Phi) is 3.93. The maximum Gasteiger partial charge on any atom is 0.248 e. The first kappa shape index (κ1) is 13.4. The number of piperidine rings is 1. The minimum Gasteiger partial charge on any atom is -0.366 e. The van der Waals surface area contributed by atoms with Crippen LogP contribution in [0.25, 0.3) is 0 Å². The molecule has 3 atom stereocenters. The van der Waals surface area contributed by atoms with E-state index in [2.05, 4.69) is 11.4 Å². The number of amides is 1. The summed E-state index contributed by atoms with van der Waals surface area (Å²) >= 11 is 0. The predicted molar refractivity (Wildman–Crippen MR) is 74.1 cm³/mol. The molecule has 3 nitrogen and oxygen atoms in total. The molecule has 2 aliphatic heterocycles. The van der Waals surface area contributed by atoms with Crippen LogP contribution >= 0.6 is 12.4 Å². The fourth-order valence-corrected chi connectivity index (χ4v) is 3.28. The van der Waals surface area contributed by atoms with E-state index in [0.717, 1.165) is 0 Å². The average molecular weight is 267 g/mol. The van der Waals surface area contributed by atoms with E-state index < -0.39 is 0 Å². The van der Waals surface area contributed by atoms with E-state index in [1.165, 1.54) is 31.2 Å². The fraction of sp³-hybridized carbons (Fsp3) is 0.500. The van der Waals surface area contributed by atoms with Crippen LogP contribution in [0.5, 0.6) is 0 Å². The van der Waals surface area contributed by atoms with Crippen LogP contribution in [0.3, 0.4) is 0 Å². The number of carbonyl (C=O) groups excluding carboxylic acids is 1. The van der Waals surface area contributed by atoms with Gasteiger partial charge in [-0.1, -0.05) is 12.1 Å². The molecule has 3 rings (SSSR count). The zero-order valence-corrected chi connectivity index (χ0v) is 11.1. The molecule has 1 aromatic rings. The second kappa shape index (κ2) is 5.29. The van der Waals surface area contributed by atoms with Crippen LogP contribution in [0.1, 0.15) is 47.5 Å². The van der Waals surface area contributed by atoms with E-state index in [-0.39, 0.29) is 18.3 Å². The van der Waals surface area contributed by atoms with Crippen molar-refractivity contribution in [1.29, 1.82) is 0 Å². The molecule has 4 heteroatoms. The molecule has 2 fully saturated rings. The quantitative estimate of drug-likeness (QED) is 0.862. The largest absolute Gasteiger partial charge is 0.366 e. The van der Waals surface area contributed by atoms with Gasteiger partial charge in [0.2, 0.25) is 5.91 Å². The van der Waals surface area contributed by atoms with Crippen molar-refractivity contribution in [2.24, 2.45) is 5.73 Å². The maximum absolute atomic E-state index is 11.2. The van der Waals surface area contributed by atoms with Gasteiger partial charge in [0.15, 0.2) is 0 Å². The highest BCUT2D eigenvalue weighted by molar-refractivity contribution is 5.92. The van der Waals surface area contributed by atoms with Crippen LogP contribution in [-0.4, -0.2) is 18.0 Å². The molecule has 1 amide bonds. The third-order valence-corrected chi connectivity index (χ3v) is 4.12. The third-order valence-electron chi connectivity index (χ3n) is 4.12. The molecule has 1 aromatic carbocycles. The summed E-state index contributed by atoms with van der Waals surface area (Å²) < 4.78 is 0. The van der Waals surface area contributed by atoms with E-state index in [0.29, 0.717) is 23.6 Å². The molecule has 1 unspecified atom stereocenters. The van der Waals surface area contributed by atoms with Crippen LogP contribution in [0, 0.1) is 0 Å². The molecule has 2 heterocycles. The number of carbonyl (C=O) groups is 1. The molecular weight excluding hydrogens is 248 g/mol. The monoisotopic (exact) mass is 266 g/mol. The zero-order valence-electron chi connectivity index (χ0n) is 10.3. The molecule has 98 valence electrons. The first-order valence-corrected chi connectivity index (χ1v) is 6.38. The van der Waals surface area contributed by atoms with Crippen molar-refractivity contribution in [3.8, 4) is 0 Å². The van der Waals surface area contributed by atoms with E-state index in [4.69, 9.17) is 5.73 Å². The van der Waals surface area contributed by atoms with Gasteiger partial charge in [0.05, 0.1) is 0 Å². The van der Waals surface area contributed by atoms with Gasteiger partial charge in [0.25, 0.3) is 0 Å². The van der Waals surface area contributed by atoms with Crippen molar-refractivity contribution in [3.63, 3.8) is 0 Å². The zero-order chi connectivity index (χ0) is 11.8. The summed E-state index contributed by atoms with van der Waals surface area (Å²) in [5, 5.41) is 3.64. The summed E-state index contributed by atoms with van der Waals surface area (Å²) in [7, 11) is 0. The van der Waals surface area contributed by atoms with Gasteiger partial charge < -0.3 is 11.1 Å². The van der Waals surface area contributed by atoms with Gasteiger partial charge in [-0.2, -0.15) is 0 Å². The predicted octanol–water partition coefficient (Wildman–Crippen LogP) is 2.21. The summed E-state index contributed by atoms with van der Waals surface area (Å²) in [5.41, 5.74) is 7.24. The molecule has 0 radical (unpaired) electrons. The van der Waals surface area contributed by atoms with Crippen LogP contribution < -0.4 is 11.1 Å². The minimum atomic E-state index is -0.330. The van der Waals surface area contributed by atoms with Gasteiger partial charge in [0, 0.05) is 17.6 Å². The number of rotatable bonds is 2. The van der Waals surface area contributed by atoms with Crippen molar-refractivity contribution in [2.45, 2.75) is 43.7 Å². The Hall–Kier alpha value is -1.06. The molecule has 0 aromatic heterocycles. The van der Waals surface area contributed by atoms with Crippen molar-refractivity contribution in [3.05, 3.63) is 35.4 Å². The molecule has 2 saturated heterocycles. The van der Waals surface area contributed by atoms with Crippen molar-refractivity contribution >= 4 is 18.3 Å². The molecule has 18 heavy (non-hydrogen) atoms. The van der Waals surface area contributed by atoms with Crippen molar-refractivity contribution in [2.75, 3.05) is 0 Å². The summed E-state index contributed by atoms with van der Waals surface area (Å²) in [6.45, 7) is 0. The Morgan fingerprint density at radius 1 is 1.22 bits per heavy atom. The maximum atomic E-state index is 11.2. The van der Waals surface area contributed by atoms with Crippen LogP contribution in [0.2, 0.25) is 0 Å². The van der Waals surface area contributed by atoms with Crippen LogP contribution in [0.4, 0.5) is 0 Å². The van der Waals surface area contributed by atoms with Gasteiger partial charge in [-0.05, 0) is 49.3 Å². The normalized spacial score (nSPS) is 29.7. The Bertz CT molecular complexity index is 437. The topological polar surface area (TPSA) is 55.1 Å². The first-order chi connectivity index (χ1) is 8.22. The summed E-state index contributed by atoms with van der Waals surface area (Å²) in [5.74, 6) is 0.261. The van der Waals surface area contributed by atoms with Gasteiger partial charge in [-0.25, -0.2) is 0 Å².